The molecule has 1 aromatic heterocycles. The first-order valence-electron chi connectivity index (χ1n) is 7.58. The number of amides is 1. The molecular formula is C19H17ClN2O2. The van der Waals surface area contributed by atoms with Gasteiger partial charge in [-0.1, -0.05) is 23.7 Å². The number of H-pyrrole nitrogens is 1. The minimum absolute atomic E-state index is 0.0742. The van der Waals surface area contributed by atoms with Gasteiger partial charge in [0.2, 0.25) is 5.43 Å². The number of hydrogen-bond donors (Lipinski definition) is 2. The fourth-order valence-electron chi connectivity index (χ4n) is 2.66. The maximum Gasteiger partial charge on any atom is 0.261 e. The summed E-state index contributed by atoms with van der Waals surface area (Å²) >= 11 is 6.08. The summed E-state index contributed by atoms with van der Waals surface area (Å²) in [6.07, 6.45) is 1.44. The number of anilines is 1. The predicted octanol–water partition coefficient (Wildman–Crippen LogP) is 4.36. The Morgan fingerprint density at radius 3 is 2.58 bits per heavy atom. The Balaban J connectivity index is 2.05. The SMILES string of the molecule is Cc1cccc(NC(=O)c2c[nH]c3c(C)c(Cl)ccc3c2=O)c1C. The lowest BCUT2D eigenvalue weighted by molar-refractivity contribution is 0.102. The van der Waals surface area contributed by atoms with Crippen LogP contribution in [0.4, 0.5) is 5.69 Å². The van der Waals surface area contributed by atoms with Crippen LogP contribution in [0.1, 0.15) is 27.0 Å². The van der Waals surface area contributed by atoms with E-state index >= 15 is 0 Å². The van der Waals surface area contributed by atoms with E-state index in [1.165, 1.54) is 6.20 Å². The number of halogens is 1. The average Bonchev–Trinajstić information content (AvgIpc) is 2.55. The molecule has 0 bridgehead atoms. The molecule has 0 aliphatic rings. The van der Waals surface area contributed by atoms with Crippen LogP contribution in [0.5, 0.6) is 0 Å². The smallest absolute Gasteiger partial charge is 0.261 e. The van der Waals surface area contributed by atoms with Gasteiger partial charge in [0.1, 0.15) is 5.56 Å². The van der Waals surface area contributed by atoms with E-state index in [0.717, 1.165) is 16.7 Å². The number of pyridine rings is 1. The Bertz CT molecular complexity index is 1020. The Morgan fingerprint density at radius 2 is 1.83 bits per heavy atom. The largest absolute Gasteiger partial charge is 0.360 e. The molecule has 2 aromatic carbocycles. The maximum absolute atomic E-state index is 12.7. The molecule has 0 aliphatic carbocycles. The molecule has 1 amide bonds. The lowest BCUT2D eigenvalue weighted by atomic mass is 10.1. The molecule has 122 valence electrons. The summed E-state index contributed by atoms with van der Waals surface area (Å²) in [5.41, 5.74) is 3.95. The molecule has 4 nitrogen and oxygen atoms in total. The van der Waals surface area contributed by atoms with Gasteiger partial charge in [-0.2, -0.15) is 0 Å². The molecule has 0 spiro atoms. The maximum atomic E-state index is 12.7. The van der Waals surface area contributed by atoms with Gasteiger partial charge >= 0.3 is 0 Å². The lowest BCUT2D eigenvalue weighted by Crippen LogP contribution is -2.22. The first-order chi connectivity index (χ1) is 11.4. The number of rotatable bonds is 2. The van der Waals surface area contributed by atoms with Crippen molar-refractivity contribution in [3.63, 3.8) is 0 Å². The third-order valence-corrected chi connectivity index (χ3v) is 4.76. The van der Waals surface area contributed by atoms with Crippen LogP contribution in [0.15, 0.2) is 41.3 Å². The number of carbonyl (C=O) groups excluding carboxylic acids is 1. The molecule has 0 saturated carbocycles. The van der Waals surface area contributed by atoms with E-state index in [9.17, 15) is 9.59 Å². The molecule has 0 unspecified atom stereocenters. The van der Waals surface area contributed by atoms with Crippen molar-refractivity contribution >= 4 is 34.1 Å². The number of fused-ring (bicyclic) bond motifs is 1. The number of benzene rings is 2. The number of aryl methyl sites for hydroxylation is 2. The van der Waals surface area contributed by atoms with E-state index in [2.05, 4.69) is 10.3 Å². The fraction of sp³-hybridized carbons (Fsp3) is 0.158. The molecule has 2 N–H and O–H groups in total. The number of nitrogens with one attached hydrogen (secondary N) is 2. The monoisotopic (exact) mass is 340 g/mol. The van der Waals surface area contributed by atoms with Crippen molar-refractivity contribution < 1.29 is 4.79 Å². The molecule has 0 fully saturated rings. The molecule has 0 radical (unpaired) electrons. The van der Waals surface area contributed by atoms with Gasteiger partial charge in [0, 0.05) is 22.3 Å². The molecule has 24 heavy (non-hydrogen) atoms. The van der Waals surface area contributed by atoms with Gasteiger partial charge in [-0.25, -0.2) is 0 Å². The highest BCUT2D eigenvalue weighted by Gasteiger charge is 2.15. The number of carbonyl (C=O) groups is 1. The predicted molar refractivity (Wildman–Crippen MR) is 98.2 cm³/mol. The van der Waals surface area contributed by atoms with Gasteiger partial charge < -0.3 is 10.3 Å². The minimum Gasteiger partial charge on any atom is -0.360 e. The lowest BCUT2D eigenvalue weighted by Gasteiger charge is -2.11. The second kappa shape index (κ2) is 6.13. The van der Waals surface area contributed by atoms with Crippen molar-refractivity contribution in [3.05, 3.63) is 74.0 Å². The van der Waals surface area contributed by atoms with Gasteiger partial charge in [0.15, 0.2) is 0 Å². The topological polar surface area (TPSA) is 62.0 Å². The van der Waals surface area contributed by atoms with Crippen LogP contribution < -0.4 is 10.7 Å². The highest BCUT2D eigenvalue weighted by molar-refractivity contribution is 6.32. The Kier molecular flexibility index (Phi) is 4.16. The average molecular weight is 341 g/mol. The highest BCUT2D eigenvalue weighted by Crippen LogP contribution is 2.22. The zero-order valence-corrected chi connectivity index (χ0v) is 14.4. The Labute approximate surface area is 144 Å². The number of aromatic amines is 1. The minimum atomic E-state index is -0.431. The zero-order valence-electron chi connectivity index (χ0n) is 13.7. The van der Waals surface area contributed by atoms with Crippen LogP contribution in [-0.4, -0.2) is 10.9 Å². The van der Waals surface area contributed by atoms with Crippen LogP contribution in [0.3, 0.4) is 0 Å². The molecule has 5 heteroatoms. The van der Waals surface area contributed by atoms with Crippen molar-refractivity contribution in [1.29, 1.82) is 0 Å². The first-order valence-corrected chi connectivity index (χ1v) is 7.96. The zero-order chi connectivity index (χ0) is 17.4. The third kappa shape index (κ3) is 2.69. The van der Waals surface area contributed by atoms with Gasteiger partial charge in [-0.3, -0.25) is 9.59 Å². The van der Waals surface area contributed by atoms with Crippen molar-refractivity contribution in [2.45, 2.75) is 20.8 Å². The summed E-state index contributed by atoms with van der Waals surface area (Å²) in [5.74, 6) is -0.431. The van der Waals surface area contributed by atoms with E-state index < -0.39 is 5.91 Å². The van der Waals surface area contributed by atoms with E-state index in [0.29, 0.717) is 21.6 Å². The van der Waals surface area contributed by atoms with Crippen LogP contribution in [0, 0.1) is 20.8 Å². The molecular weight excluding hydrogens is 324 g/mol. The second-order valence-electron chi connectivity index (χ2n) is 5.83. The van der Waals surface area contributed by atoms with Crippen molar-refractivity contribution in [2.75, 3.05) is 5.32 Å². The number of aromatic nitrogens is 1. The molecule has 3 rings (SSSR count). The van der Waals surface area contributed by atoms with Crippen molar-refractivity contribution in [3.8, 4) is 0 Å². The summed E-state index contributed by atoms with van der Waals surface area (Å²) in [6, 6.07) is 8.96. The van der Waals surface area contributed by atoms with Crippen molar-refractivity contribution in [2.24, 2.45) is 0 Å². The van der Waals surface area contributed by atoms with Gasteiger partial charge in [0.05, 0.1) is 5.52 Å². The standard InChI is InChI=1S/C19H17ClN2O2/c1-10-5-4-6-16(11(10)2)22-19(24)14-9-21-17-12(3)15(20)8-7-13(17)18(14)23/h4-9H,1-3H3,(H,21,23)(H,22,24). The summed E-state index contributed by atoms with van der Waals surface area (Å²) in [5, 5.41) is 3.84. The molecule has 1 heterocycles. The van der Waals surface area contributed by atoms with E-state index in [-0.39, 0.29) is 11.0 Å². The molecule has 0 saturated heterocycles. The molecule has 3 aromatic rings. The normalized spacial score (nSPS) is 10.8. The molecule has 0 aliphatic heterocycles. The van der Waals surface area contributed by atoms with Gasteiger partial charge in [-0.15, -0.1) is 0 Å². The Hall–Kier alpha value is -2.59. The summed E-state index contributed by atoms with van der Waals surface area (Å²) in [6.45, 7) is 5.73. The highest BCUT2D eigenvalue weighted by atomic mass is 35.5. The van der Waals surface area contributed by atoms with Crippen LogP contribution in [0.2, 0.25) is 5.02 Å². The second-order valence-corrected chi connectivity index (χ2v) is 6.24. The van der Waals surface area contributed by atoms with Crippen LogP contribution in [-0.2, 0) is 0 Å². The molecule has 0 atom stereocenters. The van der Waals surface area contributed by atoms with Crippen LogP contribution >= 0.6 is 11.6 Å². The van der Waals surface area contributed by atoms with E-state index in [1.807, 2.05) is 39.0 Å². The quantitative estimate of drug-likeness (QED) is 0.728. The van der Waals surface area contributed by atoms with Gasteiger partial charge in [-0.05, 0) is 55.7 Å². The summed E-state index contributed by atoms with van der Waals surface area (Å²) in [7, 11) is 0. The Morgan fingerprint density at radius 1 is 1.08 bits per heavy atom. The van der Waals surface area contributed by atoms with Crippen LogP contribution in [0.25, 0.3) is 10.9 Å². The van der Waals surface area contributed by atoms with E-state index in [4.69, 9.17) is 11.6 Å². The van der Waals surface area contributed by atoms with Gasteiger partial charge in [0.25, 0.3) is 5.91 Å². The van der Waals surface area contributed by atoms with E-state index in [1.54, 1.807) is 12.1 Å². The first kappa shape index (κ1) is 16.3. The fourth-order valence-corrected chi connectivity index (χ4v) is 2.82. The third-order valence-electron chi connectivity index (χ3n) is 4.35. The summed E-state index contributed by atoms with van der Waals surface area (Å²) < 4.78 is 0. The van der Waals surface area contributed by atoms with Crippen molar-refractivity contribution in [1.82, 2.24) is 4.98 Å². The number of hydrogen-bond acceptors (Lipinski definition) is 2. The summed E-state index contributed by atoms with van der Waals surface area (Å²) in [4.78, 5) is 28.2.